The fourth-order valence-corrected chi connectivity index (χ4v) is 3.04. The molecule has 0 aliphatic carbocycles. The van der Waals surface area contributed by atoms with Gasteiger partial charge in [0.1, 0.15) is 0 Å². The molecule has 0 N–H and O–H groups in total. The molecular weight excluding hydrogens is 220 g/mol. The van der Waals surface area contributed by atoms with E-state index in [0.29, 0.717) is 0 Å². The van der Waals surface area contributed by atoms with Crippen LogP contribution >= 0.6 is 35.3 Å². The molecule has 2 aromatic heterocycles. The van der Waals surface area contributed by atoms with Gasteiger partial charge in [-0.25, -0.2) is 0 Å². The van der Waals surface area contributed by atoms with Crippen LogP contribution in [0.3, 0.4) is 0 Å². The highest BCUT2D eigenvalue weighted by molar-refractivity contribution is 7.83. The van der Waals surface area contributed by atoms with E-state index in [4.69, 9.17) is 0 Å². The Labute approximate surface area is 89.5 Å². The van der Waals surface area contributed by atoms with Gasteiger partial charge in [-0.1, -0.05) is 0 Å². The predicted octanol–water partition coefficient (Wildman–Crippen LogP) is 3.58. The van der Waals surface area contributed by atoms with Gasteiger partial charge in [-0.15, -0.1) is 35.3 Å². The number of hydrogen-bond acceptors (Lipinski definition) is 4. The lowest BCUT2D eigenvalue weighted by Gasteiger charge is -1.86. The summed E-state index contributed by atoms with van der Waals surface area (Å²) in [5.74, 6) is 0. The third kappa shape index (κ3) is 1.85. The van der Waals surface area contributed by atoms with Gasteiger partial charge in [0.15, 0.2) is 6.29 Å². The Bertz CT molecular complexity index is 428. The van der Waals surface area contributed by atoms with E-state index in [1.165, 1.54) is 16.2 Å². The molecule has 0 saturated carbocycles. The van der Waals surface area contributed by atoms with Gasteiger partial charge in [0.2, 0.25) is 0 Å². The van der Waals surface area contributed by atoms with Crippen molar-refractivity contribution >= 4 is 41.6 Å². The van der Waals surface area contributed by atoms with Gasteiger partial charge in [0, 0.05) is 9.75 Å². The smallest absolute Gasteiger partial charge is 0.160 e. The minimum absolute atomic E-state index is 0.768. The second-order valence-electron chi connectivity index (χ2n) is 2.46. The maximum absolute atomic E-state index is 10.5. The Balaban J connectivity index is 2.40. The topological polar surface area (TPSA) is 17.1 Å². The van der Waals surface area contributed by atoms with Gasteiger partial charge in [-0.3, -0.25) is 4.79 Å². The highest BCUT2D eigenvalue weighted by Crippen LogP contribution is 2.34. The fraction of sp³-hybridized carbons (Fsp3) is 0. The zero-order chi connectivity index (χ0) is 9.26. The molecule has 0 amide bonds. The van der Waals surface area contributed by atoms with Gasteiger partial charge < -0.3 is 0 Å². The minimum atomic E-state index is 0.768. The fourth-order valence-electron chi connectivity index (χ4n) is 1.01. The Kier molecular flexibility index (Phi) is 2.53. The third-order valence-corrected chi connectivity index (χ3v) is 4.09. The van der Waals surface area contributed by atoms with E-state index in [2.05, 4.69) is 12.6 Å². The second kappa shape index (κ2) is 3.65. The van der Waals surface area contributed by atoms with Crippen LogP contribution in [0.25, 0.3) is 9.75 Å². The van der Waals surface area contributed by atoms with Crippen LogP contribution in [0.2, 0.25) is 0 Å². The molecule has 2 heterocycles. The highest BCUT2D eigenvalue weighted by Gasteiger charge is 2.03. The molecule has 0 spiro atoms. The monoisotopic (exact) mass is 226 g/mol. The summed E-state index contributed by atoms with van der Waals surface area (Å²) in [6.45, 7) is 0. The quantitative estimate of drug-likeness (QED) is 0.612. The van der Waals surface area contributed by atoms with Crippen LogP contribution in [0.4, 0.5) is 0 Å². The molecular formula is C9H6OS3. The van der Waals surface area contributed by atoms with Crippen LogP contribution in [0.5, 0.6) is 0 Å². The average Bonchev–Trinajstić information content (AvgIpc) is 2.71. The molecule has 1 nitrogen and oxygen atoms in total. The number of thiol groups is 1. The van der Waals surface area contributed by atoms with Crippen molar-refractivity contribution in [1.29, 1.82) is 0 Å². The van der Waals surface area contributed by atoms with E-state index >= 15 is 0 Å². The molecule has 66 valence electrons. The van der Waals surface area contributed by atoms with Gasteiger partial charge in [-0.2, -0.15) is 0 Å². The summed E-state index contributed by atoms with van der Waals surface area (Å²) in [6.07, 6.45) is 0.878. The van der Waals surface area contributed by atoms with E-state index in [-0.39, 0.29) is 0 Å². The molecule has 0 fully saturated rings. The largest absolute Gasteiger partial charge is 0.297 e. The van der Waals surface area contributed by atoms with Crippen LogP contribution < -0.4 is 0 Å². The summed E-state index contributed by atoms with van der Waals surface area (Å²) in [5.41, 5.74) is 0. The van der Waals surface area contributed by atoms with Crippen LogP contribution in [-0.4, -0.2) is 6.29 Å². The molecule has 2 rings (SSSR count). The minimum Gasteiger partial charge on any atom is -0.297 e. The van der Waals surface area contributed by atoms with E-state index in [1.807, 2.05) is 24.3 Å². The van der Waals surface area contributed by atoms with Crippen molar-refractivity contribution in [2.45, 2.75) is 4.21 Å². The van der Waals surface area contributed by atoms with Gasteiger partial charge >= 0.3 is 0 Å². The molecule has 0 aliphatic rings. The molecule has 0 radical (unpaired) electrons. The van der Waals surface area contributed by atoms with Crippen molar-refractivity contribution in [3.8, 4) is 9.75 Å². The lowest BCUT2D eigenvalue weighted by atomic mass is 10.4. The Morgan fingerprint density at radius 3 is 2.31 bits per heavy atom. The average molecular weight is 226 g/mol. The molecule has 0 saturated heterocycles. The van der Waals surface area contributed by atoms with Crippen molar-refractivity contribution in [2.75, 3.05) is 0 Å². The van der Waals surface area contributed by atoms with E-state index in [9.17, 15) is 4.79 Å². The lowest BCUT2D eigenvalue weighted by Crippen LogP contribution is -1.62. The summed E-state index contributed by atoms with van der Waals surface area (Å²) < 4.78 is 0.996. The van der Waals surface area contributed by atoms with Crippen molar-refractivity contribution in [3.05, 3.63) is 29.1 Å². The first kappa shape index (κ1) is 8.99. The van der Waals surface area contributed by atoms with Crippen molar-refractivity contribution in [3.63, 3.8) is 0 Å². The molecule has 4 heteroatoms. The number of aldehydes is 1. The zero-order valence-corrected chi connectivity index (χ0v) is 9.09. The molecule has 2 aromatic rings. The molecule has 0 aromatic carbocycles. The van der Waals surface area contributed by atoms with Crippen molar-refractivity contribution < 1.29 is 4.79 Å². The van der Waals surface area contributed by atoms with E-state index in [0.717, 1.165) is 20.2 Å². The number of rotatable bonds is 2. The summed E-state index contributed by atoms with van der Waals surface area (Å²) in [5, 5.41) is 0. The molecule has 0 unspecified atom stereocenters. The van der Waals surface area contributed by atoms with Crippen molar-refractivity contribution in [1.82, 2.24) is 0 Å². The first-order valence-corrected chi connectivity index (χ1v) is 5.72. The Morgan fingerprint density at radius 1 is 1.08 bits per heavy atom. The molecule has 0 aliphatic heterocycles. The second-order valence-corrected chi connectivity index (χ2v) is 5.44. The van der Waals surface area contributed by atoms with Crippen LogP contribution in [-0.2, 0) is 0 Å². The Hall–Kier alpha value is -0.580. The Morgan fingerprint density at radius 2 is 1.77 bits per heavy atom. The van der Waals surface area contributed by atoms with Gasteiger partial charge in [-0.05, 0) is 24.3 Å². The zero-order valence-electron chi connectivity index (χ0n) is 6.56. The van der Waals surface area contributed by atoms with Crippen LogP contribution in [0, 0.1) is 0 Å². The predicted molar refractivity (Wildman–Crippen MR) is 60.3 cm³/mol. The van der Waals surface area contributed by atoms with Crippen LogP contribution in [0.15, 0.2) is 28.5 Å². The van der Waals surface area contributed by atoms with E-state index < -0.39 is 0 Å². The maximum atomic E-state index is 10.5. The lowest BCUT2D eigenvalue weighted by molar-refractivity contribution is 0.112. The number of hydrogen-bond donors (Lipinski definition) is 1. The van der Waals surface area contributed by atoms with Gasteiger partial charge in [0.25, 0.3) is 0 Å². The first-order chi connectivity index (χ1) is 6.29. The van der Waals surface area contributed by atoms with E-state index in [1.54, 1.807) is 11.3 Å². The summed E-state index contributed by atoms with van der Waals surface area (Å²) >= 11 is 7.37. The number of thiophene rings is 2. The first-order valence-electron chi connectivity index (χ1n) is 3.64. The molecule has 0 atom stereocenters. The maximum Gasteiger partial charge on any atom is 0.160 e. The van der Waals surface area contributed by atoms with Gasteiger partial charge in [0.05, 0.1) is 9.09 Å². The third-order valence-electron chi connectivity index (χ3n) is 1.58. The highest BCUT2D eigenvalue weighted by atomic mass is 32.2. The normalized spacial score (nSPS) is 10.2. The number of carbonyl (C=O) groups is 1. The summed E-state index contributed by atoms with van der Waals surface area (Å²) in [7, 11) is 0. The van der Waals surface area contributed by atoms with Crippen LogP contribution in [0.1, 0.15) is 9.67 Å². The van der Waals surface area contributed by atoms with Crippen molar-refractivity contribution in [2.24, 2.45) is 0 Å². The summed E-state index contributed by atoms with van der Waals surface area (Å²) in [4.78, 5) is 13.5. The molecule has 13 heavy (non-hydrogen) atoms. The standard InChI is InChI=1S/C9H6OS3/c10-5-6-1-2-7(12-6)8-3-4-9(11)13-8/h1-5,11H. The summed E-state index contributed by atoms with van der Waals surface area (Å²) in [6, 6.07) is 7.79. The number of carbonyl (C=O) groups excluding carboxylic acids is 1. The molecule has 0 bridgehead atoms. The SMILES string of the molecule is O=Cc1ccc(-c2ccc(S)s2)s1.